The molecule has 2 fully saturated rings. The second kappa shape index (κ2) is 5.57. The Bertz CT molecular complexity index is 668. The molecule has 7 nitrogen and oxygen atoms in total. The van der Waals surface area contributed by atoms with Crippen LogP contribution in [0.5, 0.6) is 5.75 Å². The molecule has 1 saturated heterocycles. The number of aliphatic carboxylic acids is 1. The van der Waals surface area contributed by atoms with Gasteiger partial charge >= 0.3 is 5.97 Å². The zero-order chi connectivity index (χ0) is 16.6. The Morgan fingerprint density at radius 1 is 1.35 bits per heavy atom. The predicted octanol–water partition coefficient (Wildman–Crippen LogP) is 0.781. The second-order valence-electron chi connectivity index (χ2n) is 5.95. The summed E-state index contributed by atoms with van der Waals surface area (Å²) in [5.41, 5.74) is -0.507. The van der Waals surface area contributed by atoms with Gasteiger partial charge in [-0.25, -0.2) is 4.79 Å². The maximum atomic E-state index is 12.3. The van der Waals surface area contributed by atoms with E-state index in [1.165, 1.54) is 12.0 Å². The number of nitrogens with one attached hydrogen (secondary N) is 1. The van der Waals surface area contributed by atoms with Crippen molar-refractivity contribution in [3.8, 4) is 5.75 Å². The summed E-state index contributed by atoms with van der Waals surface area (Å²) in [6, 6.07) is 7.11. The number of para-hydroxylation sites is 2. The van der Waals surface area contributed by atoms with Crippen molar-refractivity contribution in [1.29, 1.82) is 0 Å². The van der Waals surface area contributed by atoms with E-state index in [0.29, 0.717) is 24.3 Å². The number of ether oxygens (including phenoxy) is 1. The van der Waals surface area contributed by atoms with Crippen LogP contribution in [0.25, 0.3) is 0 Å². The van der Waals surface area contributed by atoms with Crippen LogP contribution in [0.1, 0.15) is 19.3 Å². The molecule has 0 radical (unpaired) electrons. The SMILES string of the molecule is COc1ccccc1N1CC(C(=O)NC2(C(=O)O)CC2)CC1=O. The number of anilines is 1. The summed E-state index contributed by atoms with van der Waals surface area (Å²) >= 11 is 0. The number of rotatable bonds is 5. The van der Waals surface area contributed by atoms with Crippen LogP contribution in [-0.4, -0.2) is 42.1 Å². The van der Waals surface area contributed by atoms with Crippen LogP contribution >= 0.6 is 0 Å². The minimum Gasteiger partial charge on any atom is -0.495 e. The summed E-state index contributed by atoms with van der Waals surface area (Å²) < 4.78 is 5.25. The average Bonchev–Trinajstić information content (AvgIpc) is 3.22. The molecule has 0 spiro atoms. The van der Waals surface area contributed by atoms with Gasteiger partial charge in [0.1, 0.15) is 11.3 Å². The van der Waals surface area contributed by atoms with E-state index in [1.807, 2.05) is 0 Å². The summed E-state index contributed by atoms with van der Waals surface area (Å²) in [5.74, 6) is -1.56. The highest BCUT2D eigenvalue weighted by Crippen LogP contribution is 2.37. The smallest absolute Gasteiger partial charge is 0.329 e. The van der Waals surface area contributed by atoms with Gasteiger partial charge in [-0.15, -0.1) is 0 Å². The Morgan fingerprint density at radius 2 is 2.04 bits per heavy atom. The van der Waals surface area contributed by atoms with E-state index < -0.39 is 17.4 Å². The number of carbonyl (C=O) groups is 3. The fraction of sp³-hybridized carbons (Fsp3) is 0.438. The van der Waals surface area contributed by atoms with Gasteiger partial charge in [-0.2, -0.15) is 0 Å². The number of carboxylic acid groups (broad SMARTS) is 1. The minimum atomic E-state index is -1.13. The summed E-state index contributed by atoms with van der Waals surface area (Å²) in [4.78, 5) is 37.2. The first-order valence-electron chi connectivity index (χ1n) is 7.45. The number of hydrogen-bond acceptors (Lipinski definition) is 4. The monoisotopic (exact) mass is 318 g/mol. The zero-order valence-corrected chi connectivity index (χ0v) is 12.7. The maximum absolute atomic E-state index is 12.3. The van der Waals surface area contributed by atoms with Crippen LogP contribution in [0.15, 0.2) is 24.3 Å². The first kappa shape index (κ1) is 15.3. The number of benzene rings is 1. The lowest BCUT2D eigenvalue weighted by atomic mass is 10.1. The molecule has 1 aromatic rings. The van der Waals surface area contributed by atoms with Gasteiger partial charge < -0.3 is 20.1 Å². The van der Waals surface area contributed by atoms with Gasteiger partial charge in [-0.3, -0.25) is 9.59 Å². The van der Waals surface area contributed by atoms with E-state index in [9.17, 15) is 14.4 Å². The van der Waals surface area contributed by atoms with Crippen LogP contribution in [0.3, 0.4) is 0 Å². The van der Waals surface area contributed by atoms with Crippen LogP contribution in [-0.2, 0) is 14.4 Å². The molecule has 1 aliphatic carbocycles. The lowest BCUT2D eigenvalue weighted by molar-refractivity contribution is -0.143. The van der Waals surface area contributed by atoms with Crippen molar-refractivity contribution < 1.29 is 24.2 Å². The molecule has 1 aliphatic heterocycles. The van der Waals surface area contributed by atoms with Gasteiger partial charge in [0.25, 0.3) is 0 Å². The third-order valence-corrected chi connectivity index (χ3v) is 4.39. The van der Waals surface area contributed by atoms with Crippen LogP contribution in [0, 0.1) is 5.92 Å². The number of amides is 2. The Balaban J connectivity index is 1.72. The molecule has 2 N–H and O–H groups in total. The highest BCUT2D eigenvalue weighted by Gasteiger charge is 2.53. The quantitative estimate of drug-likeness (QED) is 0.836. The van der Waals surface area contributed by atoms with Crippen LogP contribution in [0.2, 0.25) is 0 Å². The van der Waals surface area contributed by atoms with E-state index >= 15 is 0 Å². The number of carboxylic acids is 1. The Labute approximate surface area is 133 Å². The standard InChI is InChI=1S/C16H18N2O5/c1-23-12-5-3-2-4-11(12)18-9-10(8-13(18)19)14(20)17-16(6-7-16)15(21)22/h2-5,10H,6-9H2,1H3,(H,17,20)(H,21,22). The van der Waals surface area contributed by atoms with Crippen LogP contribution in [0.4, 0.5) is 5.69 Å². The van der Waals surface area contributed by atoms with Crippen molar-refractivity contribution in [2.75, 3.05) is 18.6 Å². The van der Waals surface area contributed by atoms with E-state index in [2.05, 4.69) is 5.32 Å². The van der Waals surface area contributed by atoms with Gasteiger partial charge in [0.05, 0.1) is 18.7 Å². The summed E-state index contributed by atoms with van der Waals surface area (Å²) in [6.07, 6.45) is 0.940. The molecule has 0 bridgehead atoms. The molecule has 2 amide bonds. The average molecular weight is 318 g/mol. The van der Waals surface area contributed by atoms with Crippen LogP contribution < -0.4 is 15.0 Å². The molecule has 1 atom stereocenters. The largest absolute Gasteiger partial charge is 0.495 e. The van der Waals surface area contributed by atoms with Gasteiger partial charge in [0.15, 0.2) is 0 Å². The molecule has 122 valence electrons. The minimum absolute atomic E-state index is 0.0690. The van der Waals surface area contributed by atoms with Crippen molar-refractivity contribution in [3.63, 3.8) is 0 Å². The molecule has 1 unspecified atom stereocenters. The highest BCUT2D eigenvalue weighted by molar-refractivity contribution is 6.02. The lowest BCUT2D eigenvalue weighted by Gasteiger charge is -2.20. The highest BCUT2D eigenvalue weighted by atomic mass is 16.5. The Hall–Kier alpha value is -2.57. The molecule has 1 aromatic carbocycles. The van der Waals surface area contributed by atoms with E-state index in [0.717, 1.165) is 0 Å². The third kappa shape index (κ3) is 2.74. The Kier molecular flexibility index (Phi) is 3.71. The van der Waals surface area contributed by atoms with Gasteiger partial charge in [-0.1, -0.05) is 12.1 Å². The summed E-state index contributed by atoms with van der Waals surface area (Å²) in [5, 5.41) is 11.7. The zero-order valence-electron chi connectivity index (χ0n) is 12.7. The van der Waals surface area contributed by atoms with Gasteiger partial charge in [0, 0.05) is 13.0 Å². The van der Waals surface area contributed by atoms with Crippen molar-refractivity contribution in [2.24, 2.45) is 5.92 Å². The molecule has 3 rings (SSSR count). The molecule has 7 heteroatoms. The van der Waals surface area contributed by atoms with Crippen molar-refractivity contribution >= 4 is 23.5 Å². The normalized spacial score (nSPS) is 21.9. The van der Waals surface area contributed by atoms with E-state index in [4.69, 9.17) is 9.84 Å². The first-order valence-corrected chi connectivity index (χ1v) is 7.45. The van der Waals surface area contributed by atoms with E-state index in [1.54, 1.807) is 24.3 Å². The topological polar surface area (TPSA) is 95.9 Å². The molecule has 23 heavy (non-hydrogen) atoms. The Morgan fingerprint density at radius 3 is 2.65 bits per heavy atom. The summed E-state index contributed by atoms with van der Waals surface area (Å²) in [7, 11) is 1.52. The molecule has 2 aliphatic rings. The van der Waals surface area contributed by atoms with Gasteiger partial charge in [0.2, 0.25) is 11.8 Å². The first-order chi connectivity index (χ1) is 11.0. The number of hydrogen-bond donors (Lipinski definition) is 2. The molecule has 1 saturated carbocycles. The number of methoxy groups -OCH3 is 1. The maximum Gasteiger partial charge on any atom is 0.329 e. The third-order valence-electron chi connectivity index (χ3n) is 4.39. The molecule has 1 heterocycles. The van der Waals surface area contributed by atoms with Crippen molar-refractivity contribution in [2.45, 2.75) is 24.8 Å². The fourth-order valence-electron chi connectivity index (χ4n) is 2.82. The molecular formula is C16H18N2O5. The van der Waals surface area contributed by atoms with Crippen molar-refractivity contribution in [3.05, 3.63) is 24.3 Å². The predicted molar refractivity (Wildman–Crippen MR) is 81.2 cm³/mol. The number of carbonyl (C=O) groups excluding carboxylic acids is 2. The molecular weight excluding hydrogens is 300 g/mol. The second-order valence-corrected chi connectivity index (χ2v) is 5.95. The van der Waals surface area contributed by atoms with Crippen molar-refractivity contribution in [1.82, 2.24) is 5.32 Å². The lowest BCUT2D eigenvalue weighted by Crippen LogP contribution is -2.46. The van der Waals surface area contributed by atoms with Gasteiger partial charge in [-0.05, 0) is 25.0 Å². The molecule has 0 aromatic heterocycles. The van der Waals surface area contributed by atoms with E-state index in [-0.39, 0.29) is 24.8 Å². The fourth-order valence-corrected chi connectivity index (χ4v) is 2.82. The number of nitrogens with zero attached hydrogens (tertiary/aromatic N) is 1. The summed E-state index contributed by atoms with van der Waals surface area (Å²) in [6.45, 7) is 0.223.